The molecule has 0 amide bonds. The Kier molecular flexibility index (Phi) is 4.81. The quantitative estimate of drug-likeness (QED) is 0.637. The number of rotatable bonds is 6. The summed E-state index contributed by atoms with van der Waals surface area (Å²) in [5.74, 6) is 1.09. The number of hydrogen-bond donors (Lipinski definition) is 2. The summed E-state index contributed by atoms with van der Waals surface area (Å²) in [5.41, 5.74) is 0.576. The third kappa shape index (κ3) is 2.86. The normalized spacial score (nSPS) is 11.1. The first-order chi connectivity index (χ1) is 12.5. The van der Waals surface area contributed by atoms with Gasteiger partial charge < -0.3 is 15.2 Å². The van der Waals surface area contributed by atoms with Crippen molar-refractivity contribution in [1.82, 2.24) is 18.7 Å². The maximum atomic E-state index is 12.7. The highest BCUT2D eigenvalue weighted by molar-refractivity contribution is 5.74. The molecular weight excluding hydrogens is 338 g/mol. The molecule has 9 heteroatoms. The summed E-state index contributed by atoms with van der Waals surface area (Å²) in [6, 6.07) is 7.48. The molecule has 0 aliphatic heterocycles. The summed E-state index contributed by atoms with van der Waals surface area (Å²) in [7, 11) is 4.59. The van der Waals surface area contributed by atoms with Crippen LogP contribution >= 0.6 is 0 Å². The smallest absolute Gasteiger partial charge is 0.332 e. The van der Waals surface area contributed by atoms with E-state index in [4.69, 9.17) is 9.84 Å². The Morgan fingerprint density at radius 3 is 2.62 bits per heavy atom. The lowest BCUT2D eigenvalue weighted by atomic mass is 10.2. The first-order valence-corrected chi connectivity index (χ1v) is 8.12. The van der Waals surface area contributed by atoms with E-state index in [2.05, 4.69) is 10.3 Å². The van der Waals surface area contributed by atoms with E-state index >= 15 is 0 Å². The fourth-order valence-electron chi connectivity index (χ4n) is 2.91. The number of hydrogen-bond acceptors (Lipinski definition) is 6. The Morgan fingerprint density at radius 2 is 1.92 bits per heavy atom. The Bertz CT molecular complexity index is 1060. The lowest BCUT2D eigenvalue weighted by molar-refractivity contribution is 0.310. The third-order valence-electron chi connectivity index (χ3n) is 4.26. The molecule has 0 bridgehead atoms. The second-order valence-corrected chi connectivity index (χ2v) is 5.86. The number of aliphatic hydroxyl groups is 1. The second kappa shape index (κ2) is 7.04. The van der Waals surface area contributed by atoms with Gasteiger partial charge in [-0.25, -0.2) is 4.79 Å². The van der Waals surface area contributed by atoms with Gasteiger partial charge >= 0.3 is 5.69 Å². The van der Waals surface area contributed by atoms with Crippen molar-refractivity contribution in [3.63, 3.8) is 0 Å². The van der Waals surface area contributed by atoms with Gasteiger partial charge in [-0.15, -0.1) is 0 Å². The Labute approximate surface area is 149 Å². The molecule has 0 fully saturated rings. The van der Waals surface area contributed by atoms with Crippen molar-refractivity contribution < 1.29 is 9.84 Å². The fraction of sp³-hybridized carbons (Fsp3) is 0.353. The number of para-hydroxylation sites is 1. The number of benzene rings is 1. The molecule has 0 spiro atoms. The molecule has 0 saturated carbocycles. The fourth-order valence-corrected chi connectivity index (χ4v) is 2.91. The lowest BCUT2D eigenvalue weighted by Gasteiger charge is -2.13. The van der Waals surface area contributed by atoms with Gasteiger partial charge in [0.25, 0.3) is 5.56 Å². The number of nitrogens with one attached hydrogen (secondary N) is 1. The van der Waals surface area contributed by atoms with Crippen molar-refractivity contribution in [3.8, 4) is 5.75 Å². The molecule has 3 aromatic rings. The average molecular weight is 359 g/mol. The molecule has 0 aliphatic carbocycles. The van der Waals surface area contributed by atoms with Crippen LogP contribution in [-0.2, 0) is 20.6 Å². The van der Waals surface area contributed by atoms with E-state index < -0.39 is 11.2 Å². The summed E-state index contributed by atoms with van der Waals surface area (Å²) in [6.45, 7) is 0.500. The number of aryl methyl sites for hydroxylation is 1. The number of aromatic nitrogens is 4. The Balaban J connectivity index is 2.27. The molecule has 1 aromatic carbocycles. The van der Waals surface area contributed by atoms with E-state index in [9.17, 15) is 9.59 Å². The number of nitrogens with zero attached hydrogens (tertiary/aromatic N) is 4. The number of fused-ring (bicyclic) bond motifs is 1. The van der Waals surface area contributed by atoms with Gasteiger partial charge in [-0.2, -0.15) is 4.98 Å². The zero-order valence-electron chi connectivity index (χ0n) is 14.9. The van der Waals surface area contributed by atoms with Gasteiger partial charge in [0.15, 0.2) is 11.2 Å². The van der Waals surface area contributed by atoms with E-state index in [0.29, 0.717) is 23.8 Å². The van der Waals surface area contributed by atoms with Crippen molar-refractivity contribution in [2.45, 2.75) is 6.54 Å². The summed E-state index contributed by atoms with van der Waals surface area (Å²) < 4.78 is 9.48. The van der Waals surface area contributed by atoms with Crippen LogP contribution in [0.15, 0.2) is 33.9 Å². The maximum Gasteiger partial charge on any atom is 0.332 e. The molecule has 2 aromatic heterocycles. The molecule has 26 heavy (non-hydrogen) atoms. The third-order valence-corrected chi connectivity index (χ3v) is 4.26. The highest BCUT2D eigenvalue weighted by atomic mass is 16.5. The van der Waals surface area contributed by atoms with Gasteiger partial charge in [0.2, 0.25) is 5.95 Å². The molecule has 2 heterocycles. The summed E-state index contributed by atoms with van der Waals surface area (Å²) in [6.07, 6.45) is 0. The van der Waals surface area contributed by atoms with Gasteiger partial charge in [0.1, 0.15) is 5.75 Å². The van der Waals surface area contributed by atoms with Crippen LogP contribution in [0.3, 0.4) is 0 Å². The minimum absolute atomic E-state index is 0.0885. The van der Waals surface area contributed by atoms with Gasteiger partial charge in [0, 0.05) is 26.2 Å². The summed E-state index contributed by atoms with van der Waals surface area (Å²) in [5, 5.41) is 12.1. The molecule has 0 aliphatic rings. The van der Waals surface area contributed by atoms with E-state index in [1.807, 2.05) is 24.3 Å². The van der Waals surface area contributed by atoms with Crippen molar-refractivity contribution in [1.29, 1.82) is 0 Å². The van der Waals surface area contributed by atoms with E-state index in [1.54, 1.807) is 18.7 Å². The topological polar surface area (TPSA) is 103 Å². The number of imidazole rings is 1. The summed E-state index contributed by atoms with van der Waals surface area (Å²) in [4.78, 5) is 29.3. The summed E-state index contributed by atoms with van der Waals surface area (Å²) >= 11 is 0. The standard InChI is InChI=1S/C17H21N5O4/c1-20-14-13(15(24)21(2)17(20)25)22(16(19-14)18-8-9-23)10-11-6-4-5-7-12(11)26-3/h4-7,23H,8-10H2,1-3H3,(H,18,19). The second-order valence-electron chi connectivity index (χ2n) is 5.86. The molecular formula is C17H21N5O4. The zero-order chi connectivity index (χ0) is 18.8. The molecule has 2 N–H and O–H groups in total. The van der Waals surface area contributed by atoms with Crippen LogP contribution in [0.25, 0.3) is 11.2 Å². The lowest BCUT2D eigenvalue weighted by Crippen LogP contribution is -2.37. The van der Waals surface area contributed by atoms with Crippen molar-refractivity contribution in [2.24, 2.45) is 14.1 Å². The Morgan fingerprint density at radius 1 is 1.19 bits per heavy atom. The number of aliphatic hydroxyl groups excluding tert-OH is 1. The van der Waals surface area contributed by atoms with Crippen molar-refractivity contribution in [3.05, 3.63) is 50.7 Å². The minimum atomic E-state index is -0.446. The monoisotopic (exact) mass is 359 g/mol. The highest BCUT2D eigenvalue weighted by Gasteiger charge is 2.20. The Hall–Kier alpha value is -3.07. The largest absolute Gasteiger partial charge is 0.496 e. The maximum absolute atomic E-state index is 12.7. The molecule has 3 rings (SSSR count). The van der Waals surface area contributed by atoms with Crippen LogP contribution in [0.5, 0.6) is 5.75 Å². The van der Waals surface area contributed by atoms with E-state index in [0.717, 1.165) is 10.1 Å². The molecule has 0 saturated heterocycles. The first-order valence-electron chi connectivity index (χ1n) is 8.12. The minimum Gasteiger partial charge on any atom is -0.496 e. The number of anilines is 1. The van der Waals surface area contributed by atoms with Crippen LogP contribution in [0.1, 0.15) is 5.56 Å². The molecule has 0 unspecified atom stereocenters. The van der Waals surface area contributed by atoms with Crippen molar-refractivity contribution >= 4 is 17.1 Å². The molecule has 0 radical (unpaired) electrons. The van der Waals surface area contributed by atoms with Crippen LogP contribution in [0.4, 0.5) is 5.95 Å². The van der Waals surface area contributed by atoms with Crippen LogP contribution in [-0.4, -0.2) is 44.1 Å². The SMILES string of the molecule is COc1ccccc1Cn1c(NCCO)nc2c1c(=O)n(C)c(=O)n2C. The van der Waals surface area contributed by atoms with Crippen LogP contribution in [0.2, 0.25) is 0 Å². The van der Waals surface area contributed by atoms with E-state index in [1.165, 1.54) is 11.6 Å². The zero-order valence-corrected chi connectivity index (χ0v) is 14.9. The van der Waals surface area contributed by atoms with Crippen LogP contribution in [0, 0.1) is 0 Å². The van der Waals surface area contributed by atoms with Gasteiger partial charge in [-0.1, -0.05) is 18.2 Å². The number of ether oxygens (including phenoxy) is 1. The average Bonchev–Trinajstić information content (AvgIpc) is 3.01. The van der Waals surface area contributed by atoms with Gasteiger partial charge in [0.05, 0.1) is 20.3 Å². The predicted molar refractivity (Wildman–Crippen MR) is 97.9 cm³/mol. The van der Waals surface area contributed by atoms with Gasteiger partial charge in [-0.3, -0.25) is 18.5 Å². The van der Waals surface area contributed by atoms with Gasteiger partial charge in [-0.05, 0) is 6.07 Å². The van der Waals surface area contributed by atoms with Crippen LogP contribution < -0.4 is 21.3 Å². The molecule has 0 atom stereocenters. The number of methoxy groups -OCH3 is 1. The first kappa shape index (κ1) is 17.7. The molecule has 9 nitrogen and oxygen atoms in total. The van der Waals surface area contributed by atoms with E-state index in [-0.39, 0.29) is 18.8 Å². The molecule has 138 valence electrons. The predicted octanol–water partition coefficient (Wildman–Crippen LogP) is -0.105. The van der Waals surface area contributed by atoms with Crippen molar-refractivity contribution in [2.75, 3.05) is 25.6 Å². The highest BCUT2D eigenvalue weighted by Crippen LogP contribution is 2.23.